The molecule has 16 heavy (non-hydrogen) atoms. The number of rotatable bonds is 1. The van der Waals surface area contributed by atoms with Crippen LogP contribution >= 0.6 is 0 Å². The molecule has 1 aromatic carbocycles. The molecule has 0 heterocycles. The van der Waals surface area contributed by atoms with Gasteiger partial charge in [0.25, 0.3) is 0 Å². The first-order chi connectivity index (χ1) is 7.54. The summed E-state index contributed by atoms with van der Waals surface area (Å²) in [6, 6.07) is 5.77. The molecule has 0 radical (unpaired) electrons. The summed E-state index contributed by atoms with van der Waals surface area (Å²) in [5.74, 6) is -0.278. The smallest absolute Gasteiger partial charge is 0.337 e. The zero-order chi connectivity index (χ0) is 11.8. The third kappa shape index (κ3) is 1.75. The molecule has 1 aromatic rings. The second-order valence-corrected chi connectivity index (χ2v) is 4.78. The van der Waals surface area contributed by atoms with Gasteiger partial charge in [0.2, 0.25) is 0 Å². The largest absolute Gasteiger partial charge is 0.465 e. The van der Waals surface area contributed by atoms with Crippen LogP contribution in [0.5, 0.6) is 0 Å². The molecule has 1 aliphatic carbocycles. The number of benzene rings is 1. The SMILES string of the molecule is COC(=O)c1ccc2c(c1)C=CCC2(C)C. The molecule has 0 aromatic heterocycles. The van der Waals surface area contributed by atoms with Gasteiger partial charge in [-0.3, -0.25) is 0 Å². The predicted molar refractivity (Wildman–Crippen MR) is 64.5 cm³/mol. The molecule has 0 fully saturated rings. The Balaban J connectivity index is 2.49. The van der Waals surface area contributed by atoms with E-state index in [0.29, 0.717) is 5.56 Å². The lowest BCUT2D eigenvalue weighted by molar-refractivity contribution is 0.0600. The fourth-order valence-electron chi connectivity index (χ4n) is 2.15. The third-order valence-corrected chi connectivity index (χ3v) is 3.13. The van der Waals surface area contributed by atoms with Crippen molar-refractivity contribution in [1.29, 1.82) is 0 Å². The van der Waals surface area contributed by atoms with E-state index in [0.717, 1.165) is 12.0 Å². The van der Waals surface area contributed by atoms with E-state index < -0.39 is 0 Å². The van der Waals surface area contributed by atoms with Crippen molar-refractivity contribution in [3.8, 4) is 0 Å². The number of hydrogen-bond acceptors (Lipinski definition) is 2. The zero-order valence-electron chi connectivity index (χ0n) is 9.91. The van der Waals surface area contributed by atoms with E-state index in [2.05, 4.69) is 26.0 Å². The Morgan fingerprint density at radius 2 is 2.12 bits per heavy atom. The van der Waals surface area contributed by atoms with Gasteiger partial charge in [0.05, 0.1) is 12.7 Å². The van der Waals surface area contributed by atoms with Crippen LogP contribution in [0, 0.1) is 0 Å². The number of carbonyl (C=O) groups excluding carboxylic acids is 1. The van der Waals surface area contributed by atoms with E-state index in [9.17, 15) is 4.79 Å². The quantitative estimate of drug-likeness (QED) is 0.674. The highest BCUT2D eigenvalue weighted by Crippen LogP contribution is 2.35. The van der Waals surface area contributed by atoms with Gasteiger partial charge in [-0.25, -0.2) is 4.79 Å². The minimum absolute atomic E-state index is 0.152. The average Bonchev–Trinajstić information content (AvgIpc) is 2.27. The summed E-state index contributed by atoms with van der Waals surface area (Å²) < 4.78 is 4.72. The summed E-state index contributed by atoms with van der Waals surface area (Å²) in [4.78, 5) is 11.4. The van der Waals surface area contributed by atoms with Crippen LogP contribution in [0.15, 0.2) is 24.3 Å². The maximum absolute atomic E-state index is 11.4. The van der Waals surface area contributed by atoms with Crippen LogP contribution in [0.2, 0.25) is 0 Å². The molecule has 0 unspecified atom stereocenters. The average molecular weight is 216 g/mol. The topological polar surface area (TPSA) is 26.3 Å². The lowest BCUT2D eigenvalue weighted by Crippen LogP contribution is -2.20. The van der Waals surface area contributed by atoms with Gasteiger partial charge in [-0.05, 0) is 35.1 Å². The van der Waals surface area contributed by atoms with Gasteiger partial charge in [0.1, 0.15) is 0 Å². The van der Waals surface area contributed by atoms with Crippen molar-refractivity contribution in [3.05, 3.63) is 41.0 Å². The number of methoxy groups -OCH3 is 1. The van der Waals surface area contributed by atoms with Crippen molar-refractivity contribution in [1.82, 2.24) is 0 Å². The summed E-state index contributed by atoms with van der Waals surface area (Å²) in [5, 5.41) is 0. The minimum Gasteiger partial charge on any atom is -0.465 e. The molecule has 2 heteroatoms. The van der Waals surface area contributed by atoms with Crippen LogP contribution in [-0.2, 0) is 10.2 Å². The summed E-state index contributed by atoms with van der Waals surface area (Å²) in [7, 11) is 1.40. The molecular formula is C14H16O2. The maximum Gasteiger partial charge on any atom is 0.337 e. The third-order valence-electron chi connectivity index (χ3n) is 3.13. The second kappa shape index (κ2) is 3.78. The first-order valence-corrected chi connectivity index (χ1v) is 5.44. The van der Waals surface area contributed by atoms with Crippen LogP contribution < -0.4 is 0 Å². The Kier molecular flexibility index (Phi) is 2.58. The van der Waals surface area contributed by atoms with E-state index in [4.69, 9.17) is 4.74 Å². The highest BCUT2D eigenvalue weighted by Gasteiger charge is 2.25. The van der Waals surface area contributed by atoms with Crippen LogP contribution in [0.4, 0.5) is 0 Å². The Hall–Kier alpha value is -1.57. The number of hydrogen-bond donors (Lipinski definition) is 0. The van der Waals surface area contributed by atoms with Crippen LogP contribution in [0.3, 0.4) is 0 Å². The Morgan fingerprint density at radius 1 is 1.38 bits per heavy atom. The predicted octanol–water partition coefficient (Wildman–Crippen LogP) is 3.17. The lowest BCUT2D eigenvalue weighted by atomic mass is 9.75. The maximum atomic E-state index is 11.4. The Bertz CT molecular complexity index is 456. The summed E-state index contributed by atoms with van der Waals surface area (Å²) in [6.07, 6.45) is 5.27. The van der Waals surface area contributed by atoms with Crippen molar-refractivity contribution >= 4 is 12.0 Å². The molecule has 0 N–H and O–H groups in total. The number of carbonyl (C=O) groups is 1. The molecular weight excluding hydrogens is 200 g/mol. The normalized spacial score (nSPS) is 16.7. The van der Waals surface area contributed by atoms with E-state index in [1.165, 1.54) is 12.7 Å². The molecule has 84 valence electrons. The standard InChI is InChI=1S/C14H16O2/c1-14(2)8-4-5-10-9-11(13(15)16-3)6-7-12(10)14/h4-7,9H,8H2,1-3H3. The van der Waals surface area contributed by atoms with Crippen LogP contribution in [0.25, 0.3) is 6.08 Å². The monoisotopic (exact) mass is 216 g/mol. The van der Waals surface area contributed by atoms with E-state index in [1.54, 1.807) is 0 Å². The highest BCUT2D eigenvalue weighted by atomic mass is 16.5. The molecule has 2 nitrogen and oxygen atoms in total. The molecule has 0 saturated heterocycles. The first-order valence-electron chi connectivity index (χ1n) is 5.44. The molecule has 0 atom stereocenters. The van der Waals surface area contributed by atoms with Crippen molar-refractivity contribution in [2.45, 2.75) is 25.7 Å². The highest BCUT2D eigenvalue weighted by molar-refractivity contribution is 5.90. The lowest BCUT2D eigenvalue weighted by Gasteiger charge is -2.29. The van der Waals surface area contributed by atoms with E-state index >= 15 is 0 Å². The summed E-state index contributed by atoms with van der Waals surface area (Å²) in [6.45, 7) is 4.43. The molecule has 1 aliphatic rings. The fraction of sp³-hybridized carbons (Fsp3) is 0.357. The van der Waals surface area contributed by atoms with E-state index in [1.807, 2.05) is 18.2 Å². The molecule has 0 spiro atoms. The van der Waals surface area contributed by atoms with Gasteiger partial charge in [-0.2, -0.15) is 0 Å². The van der Waals surface area contributed by atoms with Crippen LogP contribution in [0.1, 0.15) is 41.8 Å². The van der Waals surface area contributed by atoms with Gasteiger partial charge in [-0.15, -0.1) is 0 Å². The van der Waals surface area contributed by atoms with E-state index in [-0.39, 0.29) is 11.4 Å². The Morgan fingerprint density at radius 3 is 2.81 bits per heavy atom. The molecule has 2 rings (SSSR count). The number of esters is 1. The van der Waals surface area contributed by atoms with Gasteiger partial charge in [-0.1, -0.05) is 32.1 Å². The minimum atomic E-state index is -0.278. The van der Waals surface area contributed by atoms with Crippen molar-refractivity contribution in [2.75, 3.05) is 7.11 Å². The van der Waals surface area contributed by atoms with Crippen LogP contribution in [-0.4, -0.2) is 13.1 Å². The molecule has 0 aliphatic heterocycles. The molecule has 0 amide bonds. The zero-order valence-corrected chi connectivity index (χ0v) is 9.91. The number of allylic oxidation sites excluding steroid dienone is 1. The van der Waals surface area contributed by atoms with Gasteiger partial charge in [0, 0.05) is 0 Å². The van der Waals surface area contributed by atoms with Crippen molar-refractivity contribution in [3.63, 3.8) is 0 Å². The van der Waals surface area contributed by atoms with Crippen molar-refractivity contribution in [2.24, 2.45) is 0 Å². The number of ether oxygens (including phenoxy) is 1. The summed E-state index contributed by atoms with van der Waals surface area (Å²) >= 11 is 0. The van der Waals surface area contributed by atoms with Gasteiger partial charge >= 0.3 is 5.97 Å². The van der Waals surface area contributed by atoms with Gasteiger partial charge in [0.15, 0.2) is 0 Å². The molecule has 0 saturated carbocycles. The first kappa shape index (κ1) is 10.9. The second-order valence-electron chi connectivity index (χ2n) is 4.78. The Labute approximate surface area is 95.9 Å². The summed E-state index contributed by atoms with van der Waals surface area (Å²) in [5.41, 5.74) is 3.18. The molecule has 0 bridgehead atoms. The van der Waals surface area contributed by atoms with Gasteiger partial charge < -0.3 is 4.74 Å². The fourth-order valence-corrected chi connectivity index (χ4v) is 2.15. The number of fused-ring (bicyclic) bond motifs is 1. The van der Waals surface area contributed by atoms with Crippen molar-refractivity contribution < 1.29 is 9.53 Å².